The first-order valence-corrected chi connectivity index (χ1v) is 11.2. The minimum Gasteiger partial charge on any atom is -0.497 e. The molecular formula is C23H26N4O2S. The Morgan fingerprint density at radius 3 is 2.57 bits per heavy atom. The van der Waals surface area contributed by atoms with Crippen LogP contribution in [0.4, 0.5) is 0 Å². The van der Waals surface area contributed by atoms with Crippen molar-refractivity contribution in [2.24, 2.45) is 0 Å². The molecule has 0 radical (unpaired) electrons. The van der Waals surface area contributed by atoms with Crippen LogP contribution in [-0.4, -0.2) is 51.0 Å². The summed E-state index contributed by atoms with van der Waals surface area (Å²) in [4.78, 5) is 14.8. The van der Waals surface area contributed by atoms with Crippen LogP contribution in [0.25, 0.3) is 17.1 Å². The lowest BCUT2D eigenvalue weighted by Gasteiger charge is -2.33. The van der Waals surface area contributed by atoms with Crippen molar-refractivity contribution in [3.05, 3.63) is 54.6 Å². The highest BCUT2D eigenvalue weighted by molar-refractivity contribution is 7.99. The normalized spacial score (nSPS) is 16.5. The van der Waals surface area contributed by atoms with Crippen molar-refractivity contribution in [1.29, 1.82) is 0 Å². The second-order valence-electron chi connectivity index (χ2n) is 7.43. The minimum atomic E-state index is 0.167. The molecule has 1 aliphatic rings. The molecule has 1 unspecified atom stereocenters. The van der Waals surface area contributed by atoms with Crippen LogP contribution in [0.1, 0.15) is 26.2 Å². The van der Waals surface area contributed by atoms with Crippen molar-refractivity contribution < 1.29 is 9.53 Å². The summed E-state index contributed by atoms with van der Waals surface area (Å²) in [5, 5.41) is 9.58. The lowest BCUT2D eigenvalue weighted by Crippen LogP contribution is -2.42. The van der Waals surface area contributed by atoms with E-state index in [2.05, 4.69) is 17.1 Å². The molecule has 0 N–H and O–H groups in total. The fourth-order valence-corrected chi connectivity index (χ4v) is 4.62. The predicted octanol–water partition coefficient (Wildman–Crippen LogP) is 4.44. The number of rotatable bonds is 6. The van der Waals surface area contributed by atoms with Gasteiger partial charge < -0.3 is 9.64 Å². The summed E-state index contributed by atoms with van der Waals surface area (Å²) in [6.07, 6.45) is 3.37. The third kappa shape index (κ3) is 4.36. The van der Waals surface area contributed by atoms with Gasteiger partial charge in [0.2, 0.25) is 5.91 Å². The molecule has 7 heteroatoms. The third-order valence-electron chi connectivity index (χ3n) is 5.44. The Morgan fingerprint density at radius 1 is 1.10 bits per heavy atom. The Labute approximate surface area is 181 Å². The second kappa shape index (κ2) is 9.34. The Morgan fingerprint density at radius 2 is 1.87 bits per heavy atom. The Bertz CT molecular complexity index is 988. The lowest BCUT2D eigenvalue weighted by atomic mass is 10.0. The average molecular weight is 423 g/mol. The summed E-state index contributed by atoms with van der Waals surface area (Å²) in [6.45, 7) is 2.99. The molecule has 156 valence electrons. The highest BCUT2D eigenvalue weighted by Crippen LogP contribution is 2.29. The van der Waals surface area contributed by atoms with Crippen molar-refractivity contribution in [2.45, 2.75) is 37.4 Å². The van der Waals surface area contributed by atoms with E-state index in [1.807, 2.05) is 64.1 Å². The van der Waals surface area contributed by atoms with Crippen molar-refractivity contribution in [3.8, 4) is 22.8 Å². The SMILES string of the molecule is COc1ccc(-c2nnc(SCC(=O)N3CCCCC3C)n2-c2ccccc2)cc1. The van der Waals surface area contributed by atoms with Gasteiger partial charge in [0, 0.05) is 23.8 Å². The maximum Gasteiger partial charge on any atom is 0.233 e. The number of amides is 1. The molecule has 1 amide bonds. The van der Waals surface area contributed by atoms with Crippen LogP contribution in [0.3, 0.4) is 0 Å². The largest absolute Gasteiger partial charge is 0.497 e. The molecule has 6 nitrogen and oxygen atoms in total. The van der Waals surface area contributed by atoms with Crippen LogP contribution in [0.2, 0.25) is 0 Å². The molecule has 0 spiro atoms. The quantitative estimate of drug-likeness (QED) is 0.550. The zero-order valence-corrected chi connectivity index (χ0v) is 18.1. The van der Waals surface area contributed by atoms with Crippen LogP contribution in [0, 0.1) is 0 Å². The van der Waals surface area contributed by atoms with E-state index in [0.717, 1.165) is 42.2 Å². The van der Waals surface area contributed by atoms with Gasteiger partial charge in [0.25, 0.3) is 0 Å². The molecule has 1 aliphatic heterocycles. The predicted molar refractivity (Wildman–Crippen MR) is 119 cm³/mol. The van der Waals surface area contributed by atoms with Crippen LogP contribution in [-0.2, 0) is 4.79 Å². The van der Waals surface area contributed by atoms with E-state index in [9.17, 15) is 4.79 Å². The van der Waals surface area contributed by atoms with E-state index in [1.165, 1.54) is 18.2 Å². The van der Waals surface area contributed by atoms with E-state index < -0.39 is 0 Å². The van der Waals surface area contributed by atoms with E-state index in [0.29, 0.717) is 17.0 Å². The minimum absolute atomic E-state index is 0.167. The van der Waals surface area contributed by atoms with Gasteiger partial charge in [-0.1, -0.05) is 30.0 Å². The first kappa shape index (κ1) is 20.5. The number of methoxy groups -OCH3 is 1. The number of piperidine rings is 1. The molecule has 0 bridgehead atoms. The molecule has 30 heavy (non-hydrogen) atoms. The van der Waals surface area contributed by atoms with Crippen LogP contribution in [0.5, 0.6) is 5.75 Å². The highest BCUT2D eigenvalue weighted by atomic mass is 32.2. The number of likely N-dealkylation sites (tertiary alicyclic amines) is 1. The van der Waals surface area contributed by atoms with E-state index >= 15 is 0 Å². The van der Waals surface area contributed by atoms with Gasteiger partial charge >= 0.3 is 0 Å². The molecule has 1 fully saturated rings. The van der Waals surface area contributed by atoms with Gasteiger partial charge in [0.05, 0.1) is 12.9 Å². The number of aromatic nitrogens is 3. The van der Waals surface area contributed by atoms with Crippen LogP contribution < -0.4 is 4.74 Å². The summed E-state index contributed by atoms with van der Waals surface area (Å²) in [7, 11) is 1.65. The summed E-state index contributed by atoms with van der Waals surface area (Å²) < 4.78 is 7.28. The van der Waals surface area contributed by atoms with Crippen molar-refractivity contribution in [2.75, 3.05) is 19.4 Å². The first-order valence-electron chi connectivity index (χ1n) is 10.2. The fourth-order valence-electron chi connectivity index (χ4n) is 3.78. The van der Waals surface area contributed by atoms with Gasteiger partial charge in [-0.05, 0) is 62.6 Å². The molecule has 2 heterocycles. The summed E-state index contributed by atoms with van der Waals surface area (Å²) in [5.74, 6) is 2.06. The monoisotopic (exact) mass is 422 g/mol. The molecule has 1 saturated heterocycles. The number of hydrogen-bond acceptors (Lipinski definition) is 5. The van der Waals surface area contributed by atoms with Crippen molar-refractivity contribution >= 4 is 17.7 Å². The van der Waals surface area contributed by atoms with Crippen LogP contribution in [0.15, 0.2) is 59.8 Å². The maximum atomic E-state index is 12.8. The maximum absolute atomic E-state index is 12.8. The molecule has 0 aliphatic carbocycles. The average Bonchev–Trinajstić information content (AvgIpc) is 3.22. The Kier molecular flexibility index (Phi) is 6.38. The molecule has 3 aromatic rings. The zero-order chi connectivity index (χ0) is 20.9. The van der Waals surface area contributed by atoms with Gasteiger partial charge in [-0.15, -0.1) is 10.2 Å². The first-order chi connectivity index (χ1) is 14.7. The van der Waals surface area contributed by atoms with Gasteiger partial charge in [-0.25, -0.2) is 0 Å². The Balaban J connectivity index is 1.61. The third-order valence-corrected chi connectivity index (χ3v) is 6.36. The number of hydrogen-bond donors (Lipinski definition) is 0. The van der Waals surface area contributed by atoms with Gasteiger partial charge in [0.15, 0.2) is 11.0 Å². The van der Waals surface area contributed by atoms with Gasteiger partial charge in [-0.3, -0.25) is 9.36 Å². The standard InChI is InChI=1S/C23H26N4O2S/c1-17-8-6-7-15-26(17)21(28)16-30-23-25-24-22(18-11-13-20(29-2)14-12-18)27(23)19-9-4-3-5-10-19/h3-5,9-14,17H,6-8,15-16H2,1-2H3. The smallest absolute Gasteiger partial charge is 0.233 e. The topological polar surface area (TPSA) is 60.3 Å². The summed E-state index contributed by atoms with van der Waals surface area (Å²) in [6, 6.07) is 18.1. The number of thioether (sulfide) groups is 1. The zero-order valence-electron chi connectivity index (χ0n) is 17.3. The lowest BCUT2D eigenvalue weighted by molar-refractivity contribution is -0.131. The number of para-hydroxylation sites is 1. The number of benzene rings is 2. The number of carbonyl (C=O) groups is 1. The molecule has 0 saturated carbocycles. The number of ether oxygens (including phenoxy) is 1. The molecule has 2 aromatic carbocycles. The highest BCUT2D eigenvalue weighted by Gasteiger charge is 2.24. The van der Waals surface area contributed by atoms with Gasteiger partial charge in [0.1, 0.15) is 5.75 Å². The summed E-state index contributed by atoms with van der Waals surface area (Å²) in [5.41, 5.74) is 1.91. The summed E-state index contributed by atoms with van der Waals surface area (Å²) >= 11 is 1.44. The molecule has 1 aromatic heterocycles. The van der Waals surface area contributed by atoms with Gasteiger partial charge in [-0.2, -0.15) is 0 Å². The molecular weight excluding hydrogens is 396 g/mol. The van der Waals surface area contributed by atoms with Crippen molar-refractivity contribution in [3.63, 3.8) is 0 Å². The molecule has 4 rings (SSSR count). The second-order valence-corrected chi connectivity index (χ2v) is 8.37. The van der Waals surface area contributed by atoms with Crippen molar-refractivity contribution in [1.82, 2.24) is 19.7 Å². The fraction of sp³-hybridized carbons (Fsp3) is 0.348. The van der Waals surface area contributed by atoms with E-state index in [1.54, 1.807) is 7.11 Å². The Hall–Kier alpha value is -2.80. The van der Waals surface area contributed by atoms with E-state index in [4.69, 9.17) is 4.74 Å². The number of carbonyl (C=O) groups excluding carboxylic acids is 1. The molecule has 1 atom stereocenters. The van der Waals surface area contributed by atoms with Crippen LogP contribution >= 0.6 is 11.8 Å². The number of nitrogens with zero attached hydrogens (tertiary/aromatic N) is 4. The van der Waals surface area contributed by atoms with E-state index in [-0.39, 0.29) is 5.91 Å².